The molecule has 0 bridgehead atoms. The van der Waals surface area contributed by atoms with Crippen LogP contribution in [0.25, 0.3) is 11.4 Å². The fourth-order valence-corrected chi connectivity index (χ4v) is 4.51. The zero-order valence-electron chi connectivity index (χ0n) is 15.4. The number of likely N-dealkylation sites (tertiary alicyclic amines) is 1. The predicted octanol–water partition coefficient (Wildman–Crippen LogP) is 2.51. The molecule has 2 heterocycles. The minimum atomic E-state index is -3.59. The molecule has 0 unspecified atom stereocenters. The highest BCUT2D eigenvalue weighted by molar-refractivity contribution is 7.89. The molecule has 1 aromatic heterocycles. The van der Waals surface area contributed by atoms with E-state index < -0.39 is 10.0 Å². The molecule has 2 aromatic rings. The number of hydrogen-bond acceptors (Lipinski definition) is 6. The van der Waals surface area contributed by atoms with Gasteiger partial charge in [-0.25, -0.2) is 13.1 Å². The van der Waals surface area contributed by atoms with E-state index in [-0.39, 0.29) is 4.90 Å². The van der Waals surface area contributed by atoms with Crippen LogP contribution in [0.3, 0.4) is 0 Å². The van der Waals surface area contributed by atoms with E-state index in [0.717, 1.165) is 19.6 Å². The highest BCUT2D eigenvalue weighted by atomic mass is 32.2. The molecule has 1 saturated heterocycles. The Morgan fingerprint density at radius 3 is 2.54 bits per heavy atom. The molecule has 1 aliphatic rings. The summed E-state index contributed by atoms with van der Waals surface area (Å²) in [4.78, 5) is 6.76. The van der Waals surface area contributed by atoms with Gasteiger partial charge in [-0.15, -0.1) is 0 Å². The first-order valence-electron chi connectivity index (χ1n) is 9.09. The van der Waals surface area contributed by atoms with Crippen LogP contribution in [0.5, 0.6) is 0 Å². The highest BCUT2D eigenvalue weighted by Crippen LogP contribution is 2.23. The van der Waals surface area contributed by atoms with Gasteiger partial charge >= 0.3 is 0 Å². The molecule has 0 amide bonds. The van der Waals surface area contributed by atoms with Crippen LogP contribution < -0.4 is 4.72 Å². The zero-order valence-corrected chi connectivity index (χ0v) is 16.2. The second-order valence-electron chi connectivity index (χ2n) is 6.77. The molecule has 142 valence electrons. The molecule has 1 aromatic carbocycles. The van der Waals surface area contributed by atoms with E-state index >= 15 is 0 Å². The number of aromatic nitrogens is 2. The van der Waals surface area contributed by atoms with E-state index in [1.165, 1.54) is 25.7 Å². The molecule has 0 radical (unpaired) electrons. The van der Waals surface area contributed by atoms with Crippen molar-refractivity contribution in [2.24, 2.45) is 0 Å². The topological polar surface area (TPSA) is 88.3 Å². The Bertz CT molecular complexity index is 840. The summed E-state index contributed by atoms with van der Waals surface area (Å²) in [7, 11) is -3.59. The predicted molar refractivity (Wildman–Crippen MR) is 99.3 cm³/mol. The lowest BCUT2D eigenvalue weighted by atomic mass is 10.1. The lowest BCUT2D eigenvalue weighted by molar-refractivity contribution is 0.290. The summed E-state index contributed by atoms with van der Waals surface area (Å²) in [5.41, 5.74) is 1.32. The minimum absolute atomic E-state index is 0.258. The van der Waals surface area contributed by atoms with Gasteiger partial charge in [0, 0.05) is 25.6 Å². The van der Waals surface area contributed by atoms with Crippen LogP contribution in [-0.2, 0) is 10.0 Å². The van der Waals surface area contributed by atoms with Crippen LogP contribution in [0.15, 0.2) is 27.6 Å². The largest absolute Gasteiger partial charge is 0.339 e. The van der Waals surface area contributed by atoms with Gasteiger partial charge in [-0.2, -0.15) is 4.98 Å². The van der Waals surface area contributed by atoms with E-state index in [2.05, 4.69) is 19.8 Å². The van der Waals surface area contributed by atoms with E-state index in [0.29, 0.717) is 29.4 Å². The van der Waals surface area contributed by atoms with Gasteiger partial charge in [-0.1, -0.05) is 30.1 Å². The van der Waals surface area contributed by atoms with Gasteiger partial charge < -0.3 is 9.42 Å². The first-order chi connectivity index (χ1) is 12.5. The molecular formula is C18H26N4O3S. The maximum Gasteiger partial charge on any atom is 0.240 e. The Morgan fingerprint density at radius 2 is 1.88 bits per heavy atom. The smallest absolute Gasteiger partial charge is 0.240 e. The zero-order chi connectivity index (χ0) is 18.6. The molecule has 0 atom stereocenters. The van der Waals surface area contributed by atoms with Crippen molar-refractivity contribution in [1.82, 2.24) is 19.8 Å². The van der Waals surface area contributed by atoms with Gasteiger partial charge in [0.2, 0.25) is 21.7 Å². The van der Waals surface area contributed by atoms with Crippen LogP contribution in [0.1, 0.15) is 37.1 Å². The molecule has 1 fully saturated rings. The van der Waals surface area contributed by atoms with Gasteiger partial charge in [-0.05, 0) is 44.5 Å². The molecule has 7 nitrogen and oxygen atoms in total. The quantitative estimate of drug-likeness (QED) is 0.831. The van der Waals surface area contributed by atoms with Crippen molar-refractivity contribution in [2.75, 3.05) is 26.2 Å². The summed E-state index contributed by atoms with van der Waals surface area (Å²) >= 11 is 0. The maximum absolute atomic E-state index is 12.8. The van der Waals surface area contributed by atoms with Crippen molar-refractivity contribution in [1.29, 1.82) is 0 Å². The first-order valence-corrected chi connectivity index (χ1v) is 10.6. The molecule has 0 aliphatic carbocycles. The molecule has 1 N–H and O–H groups in total. The van der Waals surface area contributed by atoms with Gasteiger partial charge in [0.15, 0.2) is 0 Å². The Morgan fingerprint density at radius 1 is 1.15 bits per heavy atom. The minimum Gasteiger partial charge on any atom is -0.339 e. The average molecular weight is 378 g/mol. The number of nitrogens with one attached hydrogen (secondary N) is 1. The second kappa shape index (κ2) is 8.28. The first kappa shape index (κ1) is 19.0. The van der Waals surface area contributed by atoms with Crippen LogP contribution >= 0.6 is 0 Å². The van der Waals surface area contributed by atoms with Crippen molar-refractivity contribution in [3.63, 3.8) is 0 Å². The lowest BCUT2D eigenvalue weighted by Crippen LogP contribution is -2.35. The third-order valence-electron chi connectivity index (χ3n) is 4.68. The maximum atomic E-state index is 12.8. The van der Waals surface area contributed by atoms with Crippen LogP contribution in [-0.4, -0.2) is 49.6 Å². The van der Waals surface area contributed by atoms with Crippen LogP contribution in [0.2, 0.25) is 0 Å². The normalized spacial score (nSPS) is 16.5. The summed E-state index contributed by atoms with van der Waals surface area (Å²) in [6.07, 6.45) is 4.92. The summed E-state index contributed by atoms with van der Waals surface area (Å²) < 4.78 is 33.2. The molecule has 0 spiro atoms. The summed E-state index contributed by atoms with van der Waals surface area (Å²) in [5.74, 6) is 0.837. The third kappa shape index (κ3) is 4.69. The fraction of sp³-hybridized carbons (Fsp3) is 0.556. The van der Waals surface area contributed by atoms with Crippen molar-refractivity contribution in [2.45, 2.75) is 44.4 Å². The average Bonchev–Trinajstić information content (AvgIpc) is 2.87. The van der Waals surface area contributed by atoms with E-state index in [9.17, 15) is 8.42 Å². The van der Waals surface area contributed by atoms with Crippen molar-refractivity contribution in [3.8, 4) is 11.4 Å². The van der Waals surface area contributed by atoms with E-state index in [4.69, 9.17) is 4.52 Å². The van der Waals surface area contributed by atoms with Gasteiger partial charge in [0.05, 0.1) is 4.90 Å². The number of sulfonamides is 1. The number of rotatable bonds is 6. The fourth-order valence-electron chi connectivity index (χ4n) is 3.22. The van der Waals surface area contributed by atoms with Crippen LogP contribution in [0, 0.1) is 13.8 Å². The second-order valence-corrected chi connectivity index (χ2v) is 8.51. The van der Waals surface area contributed by atoms with Gasteiger partial charge in [0.25, 0.3) is 0 Å². The van der Waals surface area contributed by atoms with E-state index in [1.54, 1.807) is 32.0 Å². The third-order valence-corrected chi connectivity index (χ3v) is 6.29. The molecule has 8 heteroatoms. The SMILES string of the molecule is Cc1nc(-c2ccc(C)c(S(=O)(=O)NCCN3CCCCCC3)c2)no1. The van der Waals surface area contributed by atoms with Crippen molar-refractivity contribution >= 4 is 10.0 Å². The number of hydrogen-bond donors (Lipinski definition) is 1. The Balaban J connectivity index is 1.70. The lowest BCUT2D eigenvalue weighted by Gasteiger charge is -2.20. The molecule has 3 rings (SSSR count). The summed E-state index contributed by atoms with van der Waals surface area (Å²) in [5, 5.41) is 3.86. The molecule has 1 aliphatic heterocycles. The standard InChI is InChI=1S/C18H26N4O3S/c1-14-7-8-16(18-20-15(2)25-21-18)13-17(14)26(23,24)19-9-12-22-10-5-3-4-6-11-22/h7-8,13,19H,3-6,9-12H2,1-2H3. The van der Waals surface area contributed by atoms with Gasteiger partial charge in [-0.3, -0.25) is 0 Å². The van der Waals surface area contributed by atoms with E-state index in [1.807, 2.05) is 0 Å². The highest BCUT2D eigenvalue weighted by Gasteiger charge is 2.19. The number of aryl methyl sites for hydroxylation is 2. The molecule has 26 heavy (non-hydrogen) atoms. The monoisotopic (exact) mass is 378 g/mol. The Kier molecular flexibility index (Phi) is 6.05. The summed E-state index contributed by atoms with van der Waals surface area (Å²) in [6.45, 7) is 6.73. The molecule has 0 saturated carbocycles. The van der Waals surface area contributed by atoms with Crippen molar-refractivity contribution < 1.29 is 12.9 Å². The number of benzene rings is 1. The van der Waals surface area contributed by atoms with Gasteiger partial charge in [0.1, 0.15) is 0 Å². The van der Waals surface area contributed by atoms with Crippen molar-refractivity contribution in [3.05, 3.63) is 29.7 Å². The Hall–Kier alpha value is -1.77. The number of nitrogens with zero attached hydrogens (tertiary/aromatic N) is 3. The Labute approximate surface area is 154 Å². The van der Waals surface area contributed by atoms with Crippen LogP contribution in [0.4, 0.5) is 0 Å². The molecular weight excluding hydrogens is 352 g/mol. The summed E-state index contributed by atoms with van der Waals surface area (Å²) in [6, 6.07) is 5.17.